The fourth-order valence-corrected chi connectivity index (χ4v) is 3.61. The quantitative estimate of drug-likeness (QED) is 0.670. The van der Waals surface area contributed by atoms with Crippen molar-refractivity contribution in [3.05, 3.63) is 28.8 Å². The van der Waals surface area contributed by atoms with E-state index in [1.807, 2.05) is 12.1 Å². The molecule has 0 aromatic heterocycles. The van der Waals surface area contributed by atoms with E-state index in [2.05, 4.69) is 35.8 Å². The summed E-state index contributed by atoms with van der Waals surface area (Å²) in [7, 11) is 0. The van der Waals surface area contributed by atoms with Crippen molar-refractivity contribution < 1.29 is 4.74 Å². The molecular formula is C15H20BrClO. The number of benzene rings is 1. The van der Waals surface area contributed by atoms with Gasteiger partial charge in [0.2, 0.25) is 0 Å². The van der Waals surface area contributed by atoms with Crippen molar-refractivity contribution >= 4 is 27.5 Å². The molecular weight excluding hydrogens is 312 g/mol. The highest BCUT2D eigenvalue weighted by atomic mass is 79.9. The zero-order chi connectivity index (χ0) is 13.1. The van der Waals surface area contributed by atoms with Gasteiger partial charge in [0.1, 0.15) is 5.75 Å². The van der Waals surface area contributed by atoms with Crippen molar-refractivity contribution in [1.29, 1.82) is 0 Å². The molecule has 1 aromatic carbocycles. The van der Waals surface area contributed by atoms with Crippen LogP contribution in [0.2, 0.25) is 5.02 Å². The number of hydrogen-bond donors (Lipinski definition) is 0. The number of hydrogen-bond acceptors (Lipinski definition) is 1. The zero-order valence-corrected chi connectivity index (χ0v) is 13.3. The van der Waals surface area contributed by atoms with Crippen molar-refractivity contribution in [2.45, 2.75) is 44.5 Å². The molecule has 0 bridgehead atoms. The molecule has 3 heteroatoms. The van der Waals surface area contributed by atoms with Crippen LogP contribution in [0.15, 0.2) is 18.2 Å². The second kappa shape index (κ2) is 6.29. The topological polar surface area (TPSA) is 9.23 Å². The van der Waals surface area contributed by atoms with Crippen LogP contribution in [0.25, 0.3) is 0 Å². The number of halogens is 2. The lowest BCUT2D eigenvalue weighted by Crippen LogP contribution is -2.28. The Bertz CT molecular complexity index is 397. The Morgan fingerprint density at radius 3 is 2.50 bits per heavy atom. The van der Waals surface area contributed by atoms with Gasteiger partial charge in [-0.1, -0.05) is 53.5 Å². The van der Waals surface area contributed by atoms with Gasteiger partial charge in [0.15, 0.2) is 0 Å². The fraction of sp³-hybridized carbons (Fsp3) is 0.600. The highest BCUT2D eigenvalue weighted by Gasteiger charge is 2.26. The van der Waals surface area contributed by atoms with Gasteiger partial charge in [0.05, 0.1) is 11.1 Å². The summed E-state index contributed by atoms with van der Waals surface area (Å²) in [5.74, 6) is 2.35. The monoisotopic (exact) mass is 330 g/mol. The van der Waals surface area contributed by atoms with Crippen molar-refractivity contribution in [1.82, 2.24) is 0 Å². The van der Waals surface area contributed by atoms with Gasteiger partial charge in [0.25, 0.3) is 0 Å². The summed E-state index contributed by atoms with van der Waals surface area (Å²) in [5.41, 5.74) is 1.13. The largest absolute Gasteiger partial charge is 0.489 e. The normalized spacial score (nSPS) is 28.1. The Labute approximate surface area is 123 Å². The van der Waals surface area contributed by atoms with E-state index in [-0.39, 0.29) is 0 Å². The Hall–Kier alpha value is -0.210. The molecule has 2 rings (SSSR count). The highest BCUT2D eigenvalue weighted by molar-refractivity contribution is 9.08. The van der Waals surface area contributed by atoms with Crippen LogP contribution in [0.5, 0.6) is 5.75 Å². The van der Waals surface area contributed by atoms with E-state index in [1.54, 1.807) is 0 Å². The second-order valence-corrected chi connectivity index (χ2v) is 6.49. The first kappa shape index (κ1) is 14.2. The molecule has 2 unspecified atom stereocenters. The molecule has 100 valence electrons. The van der Waals surface area contributed by atoms with Gasteiger partial charge < -0.3 is 4.74 Å². The number of ether oxygens (including phenoxy) is 1. The SMILES string of the molecule is CC1CC(C)CC(Oc2c(Cl)cccc2CBr)C1. The van der Waals surface area contributed by atoms with Crippen LogP contribution in [0.3, 0.4) is 0 Å². The van der Waals surface area contributed by atoms with Crippen molar-refractivity contribution in [2.75, 3.05) is 0 Å². The lowest BCUT2D eigenvalue weighted by molar-refractivity contribution is 0.100. The minimum atomic E-state index is 0.307. The van der Waals surface area contributed by atoms with Gasteiger partial charge in [-0.2, -0.15) is 0 Å². The van der Waals surface area contributed by atoms with Crippen molar-refractivity contribution in [3.63, 3.8) is 0 Å². The Morgan fingerprint density at radius 2 is 1.89 bits per heavy atom. The van der Waals surface area contributed by atoms with Gasteiger partial charge >= 0.3 is 0 Å². The molecule has 1 nitrogen and oxygen atoms in total. The maximum atomic E-state index is 6.25. The lowest BCUT2D eigenvalue weighted by atomic mass is 9.82. The van der Waals surface area contributed by atoms with Crippen LogP contribution in [0.1, 0.15) is 38.7 Å². The third-order valence-corrected chi connectivity index (χ3v) is 4.51. The van der Waals surface area contributed by atoms with Gasteiger partial charge in [0, 0.05) is 10.9 Å². The van der Waals surface area contributed by atoms with Gasteiger partial charge in [-0.25, -0.2) is 0 Å². The van der Waals surface area contributed by atoms with Gasteiger partial charge in [-0.15, -0.1) is 0 Å². The van der Waals surface area contributed by atoms with E-state index in [0.717, 1.165) is 46.3 Å². The molecule has 0 heterocycles. The lowest BCUT2D eigenvalue weighted by Gasteiger charge is -2.32. The molecule has 1 aliphatic rings. The minimum absolute atomic E-state index is 0.307. The highest BCUT2D eigenvalue weighted by Crippen LogP contribution is 2.36. The van der Waals surface area contributed by atoms with Crippen LogP contribution in [0.4, 0.5) is 0 Å². The standard InChI is InChI=1S/C15H20BrClO/c1-10-6-11(2)8-13(7-10)18-15-12(9-16)4-3-5-14(15)17/h3-5,10-11,13H,6-9H2,1-2H3. The minimum Gasteiger partial charge on any atom is -0.489 e. The van der Waals surface area contributed by atoms with Crippen LogP contribution in [-0.4, -0.2) is 6.10 Å². The van der Waals surface area contributed by atoms with E-state index >= 15 is 0 Å². The molecule has 0 saturated heterocycles. The Kier molecular flexibility index (Phi) is 4.97. The molecule has 18 heavy (non-hydrogen) atoms. The predicted molar refractivity (Wildman–Crippen MR) is 80.7 cm³/mol. The summed E-state index contributed by atoms with van der Waals surface area (Å²) in [6, 6.07) is 5.93. The number of alkyl halides is 1. The van der Waals surface area contributed by atoms with Gasteiger partial charge in [-0.05, 0) is 37.2 Å². The van der Waals surface area contributed by atoms with E-state index < -0.39 is 0 Å². The fourth-order valence-electron chi connectivity index (χ4n) is 2.93. The first-order chi connectivity index (χ1) is 8.60. The Balaban J connectivity index is 2.13. The second-order valence-electron chi connectivity index (χ2n) is 5.52. The average Bonchev–Trinajstić information content (AvgIpc) is 2.30. The molecule has 0 N–H and O–H groups in total. The van der Waals surface area contributed by atoms with Crippen LogP contribution in [0, 0.1) is 11.8 Å². The zero-order valence-electron chi connectivity index (χ0n) is 11.0. The average molecular weight is 332 g/mol. The third kappa shape index (κ3) is 3.42. The molecule has 1 aromatic rings. The Morgan fingerprint density at radius 1 is 1.22 bits per heavy atom. The molecule has 1 fully saturated rings. The van der Waals surface area contributed by atoms with E-state index in [0.29, 0.717) is 6.10 Å². The van der Waals surface area contributed by atoms with E-state index in [4.69, 9.17) is 16.3 Å². The first-order valence-corrected chi connectivity index (χ1v) is 8.10. The molecule has 2 atom stereocenters. The summed E-state index contributed by atoms with van der Waals surface area (Å²) in [6.07, 6.45) is 3.89. The predicted octanol–water partition coefficient (Wildman–Crippen LogP) is 5.44. The summed E-state index contributed by atoms with van der Waals surface area (Å²) in [6.45, 7) is 4.62. The third-order valence-electron chi connectivity index (χ3n) is 3.61. The van der Waals surface area contributed by atoms with Crippen molar-refractivity contribution in [2.24, 2.45) is 11.8 Å². The summed E-state index contributed by atoms with van der Waals surface area (Å²) in [4.78, 5) is 0. The molecule has 1 aliphatic carbocycles. The first-order valence-electron chi connectivity index (χ1n) is 6.60. The molecule has 0 spiro atoms. The van der Waals surface area contributed by atoms with Crippen LogP contribution in [-0.2, 0) is 5.33 Å². The number of para-hydroxylation sites is 1. The van der Waals surface area contributed by atoms with E-state index in [9.17, 15) is 0 Å². The summed E-state index contributed by atoms with van der Waals surface area (Å²) in [5, 5.41) is 1.50. The van der Waals surface area contributed by atoms with Crippen LogP contribution < -0.4 is 4.74 Å². The number of rotatable bonds is 3. The maximum Gasteiger partial charge on any atom is 0.142 e. The van der Waals surface area contributed by atoms with Crippen LogP contribution >= 0.6 is 27.5 Å². The molecule has 1 saturated carbocycles. The molecule has 0 radical (unpaired) electrons. The molecule has 0 amide bonds. The smallest absolute Gasteiger partial charge is 0.142 e. The van der Waals surface area contributed by atoms with Crippen molar-refractivity contribution in [3.8, 4) is 5.75 Å². The maximum absolute atomic E-state index is 6.25. The van der Waals surface area contributed by atoms with E-state index in [1.165, 1.54) is 6.42 Å². The van der Waals surface area contributed by atoms with Gasteiger partial charge in [-0.3, -0.25) is 0 Å². The summed E-state index contributed by atoms with van der Waals surface area (Å²) >= 11 is 9.75. The summed E-state index contributed by atoms with van der Waals surface area (Å²) < 4.78 is 6.19. The molecule has 0 aliphatic heterocycles.